The molecule has 0 aromatic rings. The molecular formula is C8H15NO2S. The lowest BCUT2D eigenvalue weighted by molar-refractivity contribution is 0.0753. The quantitative estimate of drug-likeness (QED) is 0.690. The average Bonchev–Trinajstić information content (AvgIpc) is 2.29. The molecule has 0 aromatic heterocycles. The van der Waals surface area contributed by atoms with E-state index in [0.29, 0.717) is 11.2 Å². The molecule has 1 saturated carbocycles. The molecule has 12 heavy (non-hydrogen) atoms. The molecule has 3 nitrogen and oxygen atoms in total. The molecule has 2 aliphatic rings. The summed E-state index contributed by atoms with van der Waals surface area (Å²) >= 11 is 0. The van der Waals surface area contributed by atoms with Gasteiger partial charge >= 0.3 is 0 Å². The van der Waals surface area contributed by atoms with Crippen molar-refractivity contribution in [1.82, 2.24) is 0 Å². The summed E-state index contributed by atoms with van der Waals surface area (Å²) in [5, 5.41) is 5.21. The van der Waals surface area contributed by atoms with Crippen LogP contribution in [0.15, 0.2) is 0 Å². The van der Waals surface area contributed by atoms with Gasteiger partial charge in [-0.05, 0) is 24.7 Å². The van der Waals surface area contributed by atoms with E-state index in [1.54, 1.807) is 0 Å². The lowest BCUT2D eigenvalue weighted by Gasteiger charge is -2.36. The molecule has 2 rings (SSSR count). The van der Waals surface area contributed by atoms with Crippen LogP contribution in [0.1, 0.15) is 25.7 Å². The first-order valence-corrected chi connectivity index (χ1v) is 5.83. The van der Waals surface area contributed by atoms with Crippen LogP contribution in [0.2, 0.25) is 0 Å². The molecule has 0 aromatic carbocycles. The third-order valence-corrected chi connectivity index (χ3v) is 3.75. The molecule has 1 aliphatic heterocycles. The lowest BCUT2D eigenvalue weighted by Crippen LogP contribution is -2.30. The second-order valence-electron chi connectivity index (χ2n) is 4.04. The Kier molecular flexibility index (Phi) is 2.23. The Morgan fingerprint density at radius 2 is 2.33 bits per heavy atom. The van der Waals surface area contributed by atoms with Crippen molar-refractivity contribution in [2.45, 2.75) is 31.8 Å². The van der Waals surface area contributed by atoms with E-state index in [4.69, 9.17) is 9.88 Å². The third kappa shape index (κ3) is 1.56. The maximum Gasteiger partial charge on any atom is 0.0914 e. The highest BCUT2D eigenvalue weighted by Crippen LogP contribution is 2.49. The fourth-order valence-electron chi connectivity index (χ4n) is 2.21. The second-order valence-corrected chi connectivity index (χ2v) is 5.13. The van der Waals surface area contributed by atoms with Gasteiger partial charge in [0, 0.05) is 0 Å². The number of ether oxygens (including phenoxy) is 1. The number of hydrogen-bond donors (Lipinski definition) is 1. The van der Waals surface area contributed by atoms with Crippen LogP contribution in [-0.4, -0.2) is 22.7 Å². The molecule has 2 unspecified atom stereocenters. The van der Waals surface area contributed by atoms with Crippen molar-refractivity contribution in [3.63, 3.8) is 0 Å². The van der Waals surface area contributed by atoms with E-state index >= 15 is 0 Å². The highest BCUT2D eigenvalue weighted by Gasteiger charge is 2.44. The highest BCUT2D eigenvalue weighted by atomic mass is 32.2. The summed E-state index contributed by atoms with van der Waals surface area (Å²) in [5.41, 5.74) is 0.462. The molecule has 0 bridgehead atoms. The van der Waals surface area contributed by atoms with Gasteiger partial charge in [0.25, 0.3) is 0 Å². The van der Waals surface area contributed by atoms with E-state index < -0.39 is 11.0 Å². The predicted octanol–water partition coefficient (Wildman–Crippen LogP) is 0.568. The first-order valence-electron chi connectivity index (χ1n) is 4.45. The predicted molar refractivity (Wildman–Crippen MR) is 47.8 cm³/mol. The number of nitrogens with two attached hydrogens (primary N) is 1. The molecule has 0 amide bonds. The minimum Gasteiger partial charge on any atom is -0.377 e. The lowest BCUT2D eigenvalue weighted by atomic mass is 9.68. The zero-order chi connectivity index (χ0) is 8.60. The minimum absolute atomic E-state index is 0.163. The molecule has 1 aliphatic carbocycles. The van der Waals surface area contributed by atoms with Crippen LogP contribution in [0, 0.1) is 5.41 Å². The number of rotatable bonds is 2. The van der Waals surface area contributed by atoms with Crippen molar-refractivity contribution >= 4 is 11.0 Å². The monoisotopic (exact) mass is 189 g/mol. The molecule has 4 heteroatoms. The molecule has 1 spiro atoms. The van der Waals surface area contributed by atoms with Crippen LogP contribution >= 0.6 is 0 Å². The largest absolute Gasteiger partial charge is 0.377 e. The standard InChI is InChI=1S/C8H15NO2S/c9-12(10)5-7-4-8(6-11-7)2-1-3-8/h7H,1-6,9H2. The van der Waals surface area contributed by atoms with Crippen molar-refractivity contribution in [3.05, 3.63) is 0 Å². The van der Waals surface area contributed by atoms with Crippen molar-refractivity contribution < 1.29 is 8.95 Å². The molecule has 1 saturated heterocycles. The van der Waals surface area contributed by atoms with Gasteiger partial charge in [-0.15, -0.1) is 0 Å². The van der Waals surface area contributed by atoms with Crippen LogP contribution in [0.3, 0.4) is 0 Å². The Morgan fingerprint density at radius 1 is 1.58 bits per heavy atom. The van der Waals surface area contributed by atoms with Gasteiger partial charge in [-0.3, -0.25) is 5.14 Å². The number of hydrogen-bond acceptors (Lipinski definition) is 2. The summed E-state index contributed by atoms with van der Waals surface area (Å²) in [5.74, 6) is 0.516. The average molecular weight is 189 g/mol. The van der Waals surface area contributed by atoms with E-state index in [1.165, 1.54) is 19.3 Å². The third-order valence-electron chi connectivity index (χ3n) is 3.05. The van der Waals surface area contributed by atoms with Crippen molar-refractivity contribution in [1.29, 1.82) is 0 Å². The summed E-state index contributed by atoms with van der Waals surface area (Å²) in [6.07, 6.45) is 5.16. The first-order chi connectivity index (χ1) is 5.70. The van der Waals surface area contributed by atoms with E-state index in [9.17, 15) is 4.21 Å². The molecule has 1 heterocycles. The van der Waals surface area contributed by atoms with Gasteiger partial charge in [-0.1, -0.05) is 6.42 Å². The van der Waals surface area contributed by atoms with Crippen LogP contribution in [0.25, 0.3) is 0 Å². The maximum absolute atomic E-state index is 10.7. The summed E-state index contributed by atoms with van der Waals surface area (Å²) in [4.78, 5) is 0. The van der Waals surface area contributed by atoms with Gasteiger partial charge < -0.3 is 4.74 Å². The van der Waals surface area contributed by atoms with Gasteiger partial charge in [0.2, 0.25) is 0 Å². The summed E-state index contributed by atoms with van der Waals surface area (Å²) < 4.78 is 16.3. The van der Waals surface area contributed by atoms with Gasteiger partial charge in [-0.2, -0.15) is 0 Å². The second kappa shape index (κ2) is 3.09. The Bertz CT molecular complexity index is 203. The maximum atomic E-state index is 10.7. The SMILES string of the molecule is NS(=O)CC1CC2(CCC2)CO1. The zero-order valence-corrected chi connectivity index (χ0v) is 7.94. The van der Waals surface area contributed by atoms with Gasteiger partial charge in [0.15, 0.2) is 0 Å². The highest BCUT2D eigenvalue weighted by molar-refractivity contribution is 7.82. The normalized spacial score (nSPS) is 34.9. The van der Waals surface area contributed by atoms with E-state index in [1.807, 2.05) is 0 Å². The molecule has 70 valence electrons. The molecule has 2 atom stereocenters. The zero-order valence-electron chi connectivity index (χ0n) is 7.12. The smallest absolute Gasteiger partial charge is 0.0914 e. The van der Waals surface area contributed by atoms with Crippen LogP contribution in [0.5, 0.6) is 0 Å². The Hall–Kier alpha value is 0.0700. The fourth-order valence-corrected chi connectivity index (χ4v) is 2.79. The fraction of sp³-hybridized carbons (Fsp3) is 1.00. The van der Waals surface area contributed by atoms with E-state index in [-0.39, 0.29) is 6.10 Å². The van der Waals surface area contributed by atoms with Crippen molar-refractivity contribution in [2.24, 2.45) is 10.6 Å². The molecule has 2 fully saturated rings. The van der Waals surface area contributed by atoms with Gasteiger partial charge in [0.1, 0.15) is 0 Å². The van der Waals surface area contributed by atoms with Crippen LogP contribution < -0.4 is 5.14 Å². The Labute approximate surface area is 75.2 Å². The van der Waals surface area contributed by atoms with Gasteiger partial charge in [-0.25, -0.2) is 4.21 Å². The van der Waals surface area contributed by atoms with Crippen molar-refractivity contribution in [3.8, 4) is 0 Å². The Balaban J connectivity index is 1.85. The summed E-state index contributed by atoms with van der Waals surface area (Å²) in [7, 11) is -1.19. The first kappa shape index (κ1) is 8.66. The topological polar surface area (TPSA) is 52.3 Å². The molecule has 0 radical (unpaired) electrons. The van der Waals surface area contributed by atoms with Crippen LogP contribution in [-0.2, 0) is 15.7 Å². The summed E-state index contributed by atoms with van der Waals surface area (Å²) in [6.45, 7) is 0.870. The van der Waals surface area contributed by atoms with E-state index in [2.05, 4.69) is 0 Å². The molecular weight excluding hydrogens is 174 g/mol. The van der Waals surface area contributed by atoms with Crippen molar-refractivity contribution in [2.75, 3.05) is 12.4 Å². The summed E-state index contributed by atoms with van der Waals surface area (Å²) in [6, 6.07) is 0. The molecule has 2 N–H and O–H groups in total. The van der Waals surface area contributed by atoms with E-state index in [0.717, 1.165) is 13.0 Å². The Morgan fingerprint density at radius 3 is 2.75 bits per heavy atom. The van der Waals surface area contributed by atoms with Crippen LogP contribution in [0.4, 0.5) is 0 Å². The minimum atomic E-state index is -1.19. The van der Waals surface area contributed by atoms with Gasteiger partial charge in [0.05, 0.1) is 29.4 Å².